The molecule has 3 rings (SSSR count). The molecular formula is C19H24N4OS. The summed E-state index contributed by atoms with van der Waals surface area (Å²) in [5, 5.41) is 4.66. The third kappa shape index (κ3) is 3.60. The Morgan fingerprint density at radius 2 is 2.04 bits per heavy atom. The molecule has 132 valence electrons. The number of methoxy groups -OCH3 is 1. The van der Waals surface area contributed by atoms with Crippen LogP contribution in [0.5, 0.6) is 5.75 Å². The standard InChI is InChI=1S/C19H24N4OS/c1-12-13(2)25-19-17(12)18(21-11-22-19)20-10-16(23(3)4)14-7-6-8-15(9-14)24-5/h6-9,11,16H,10H2,1-5H3,(H,20,21,22)/t16-/m1/s1. The van der Waals surface area contributed by atoms with Crippen molar-refractivity contribution in [3.63, 3.8) is 0 Å². The summed E-state index contributed by atoms with van der Waals surface area (Å²) in [6.07, 6.45) is 1.64. The number of ether oxygens (including phenoxy) is 1. The number of nitrogens with one attached hydrogen (secondary N) is 1. The number of anilines is 1. The maximum atomic E-state index is 5.37. The van der Waals surface area contributed by atoms with Crippen LogP contribution in [0.15, 0.2) is 30.6 Å². The third-order valence-electron chi connectivity index (χ3n) is 4.53. The van der Waals surface area contributed by atoms with Gasteiger partial charge >= 0.3 is 0 Å². The zero-order valence-corrected chi connectivity index (χ0v) is 16.1. The number of likely N-dealkylation sites (N-methyl/N-ethyl adjacent to an activating group) is 1. The van der Waals surface area contributed by atoms with Crippen molar-refractivity contribution in [1.82, 2.24) is 14.9 Å². The Kier molecular flexibility index (Phi) is 5.20. The lowest BCUT2D eigenvalue weighted by atomic mass is 10.1. The summed E-state index contributed by atoms with van der Waals surface area (Å²) in [6, 6.07) is 8.42. The number of aromatic nitrogens is 2. The lowest BCUT2D eigenvalue weighted by Crippen LogP contribution is -2.27. The van der Waals surface area contributed by atoms with Gasteiger partial charge in [0.1, 0.15) is 22.7 Å². The van der Waals surface area contributed by atoms with Crippen LogP contribution in [0.1, 0.15) is 22.0 Å². The van der Waals surface area contributed by atoms with Gasteiger partial charge in [0.2, 0.25) is 0 Å². The van der Waals surface area contributed by atoms with Crippen LogP contribution in [-0.2, 0) is 0 Å². The average Bonchev–Trinajstić information content (AvgIpc) is 2.90. The predicted molar refractivity (Wildman–Crippen MR) is 105 cm³/mol. The Labute approximate surface area is 152 Å². The fourth-order valence-electron chi connectivity index (χ4n) is 2.96. The van der Waals surface area contributed by atoms with Crippen LogP contribution in [0.25, 0.3) is 10.2 Å². The largest absolute Gasteiger partial charge is 0.497 e. The fourth-order valence-corrected chi connectivity index (χ4v) is 3.95. The SMILES string of the molecule is COc1cccc([C@@H](CNc2ncnc3sc(C)c(C)c23)N(C)C)c1. The Hall–Kier alpha value is -2.18. The van der Waals surface area contributed by atoms with Gasteiger partial charge < -0.3 is 15.0 Å². The van der Waals surface area contributed by atoms with E-state index in [4.69, 9.17) is 4.74 Å². The van der Waals surface area contributed by atoms with Crippen molar-refractivity contribution in [2.75, 3.05) is 33.1 Å². The van der Waals surface area contributed by atoms with Gasteiger partial charge in [-0.2, -0.15) is 0 Å². The second-order valence-electron chi connectivity index (χ2n) is 6.32. The summed E-state index contributed by atoms with van der Waals surface area (Å²) in [4.78, 5) is 13.4. The van der Waals surface area contributed by atoms with Crippen molar-refractivity contribution in [1.29, 1.82) is 0 Å². The summed E-state index contributed by atoms with van der Waals surface area (Å²) in [5.41, 5.74) is 2.46. The average molecular weight is 356 g/mol. The molecular weight excluding hydrogens is 332 g/mol. The van der Waals surface area contributed by atoms with Crippen LogP contribution in [-0.4, -0.2) is 42.6 Å². The molecule has 0 amide bonds. The zero-order valence-electron chi connectivity index (χ0n) is 15.3. The first-order valence-electron chi connectivity index (χ1n) is 8.26. The maximum Gasteiger partial charge on any atom is 0.138 e. The highest BCUT2D eigenvalue weighted by Gasteiger charge is 2.17. The Bertz CT molecular complexity index is 875. The number of fused-ring (bicyclic) bond motifs is 1. The van der Waals surface area contributed by atoms with E-state index in [1.807, 2.05) is 12.1 Å². The van der Waals surface area contributed by atoms with E-state index in [1.54, 1.807) is 24.8 Å². The number of rotatable bonds is 6. The third-order valence-corrected chi connectivity index (χ3v) is 5.65. The molecule has 2 aromatic heterocycles. The van der Waals surface area contributed by atoms with E-state index in [2.05, 4.69) is 60.3 Å². The van der Waals surface area contributed by atoms with E-state index in [0.29, 0.717) is 0 Å². The quantitative estimate of drug-likeness (QED) is 0.722. The molecule has 6 heteroatoms. The number of thiophene rings is 1. The minimum Gasteiger partial charge on any atom is -0.497 e. The lowest BCUT2D eigenvalue weighted by Gasteiger charge is -2.25. The Balaban J connectivity index is 1.87. The number of aryl methyl sites for hydroxylation is 2. The van der Waals surface area contributed by atoms with Crippen molar-refractivity contribution < 1.29 is 4.74 Å². The number of benzene rings is 1. The smallest absolute Gasteiger partial charge is 0.138 e. The second kappa shape index (κ2) is 7.37. The molecule has 1 N–H and O–H groups in total. The summed E-state index contributed by atoms with van der Waals surface area (Å²) < 4.78 is 5.37. The Morgan fingerprint density at radius 1 is 1.24 bits per heavy atom. The van der Waals surface area contributed by atoms with Gasteiger partial charge in [0.15, 0.2) is 0 Å². The van der Waals surface area contributed by atoms with Crippen molar-refractivity contribution in [2.45, 2.75) is 19.9 Å². The Morgan fingerprint density at radius 3 is 2.76 bits per heavy atom. The molecule has 0 spiro atoms. The van der Waals surface area contributed by atoms with E-state index in [9.17, 15) is 0 Å². The van der Waals surface area contributed by atoms with Gasteiger partial charge in [-0.15, -0.1) is 11.3 Å². The van der Waals surface area contributed by atoms with Crippen molar-refractivity contribution >= 4 is 27.4 Å². The highest BCUT2D eigenvalue weighted by Crippen LogP contribution is 2.33. The monoisotopic (exact) mass is 356 g/mol. The summed E-state index contributed by atoms with van der Waals surface area (Å²) >= 11 is 1.72. The normalized spacial score (nSPS) is 12.6. The van der Waals surface area contributed by atoms with Crippen molar-refractivity contribution in [3.8, 4) is 5.75 Å². The second-order valence-corrected chi connectivity index (χ2v) is 7.53. The van der Waals surface area contributed by atoms with Gasteiger partial charge in [-0.25, -0.2) is 9.97 Å². The first kappa shape index (κ1) is 17.6. The van der Waals surface area contributed by atoms with Crippen LogP contribution in [0.4, 0.5) is 5.82 Å². The lowest BCUT2D eigenvalue weighted by molar-refractivity contribution is 0.310. The highest BCUT2D eigenvalue weighted by atomic mass is 32.1. The van der Waals surface area contributed by atoms with E-state index in [0.717, 1.165) is 28.3 Å². The highest BCUT2D eigenvalue weighted by molar-refractivity contribution is 7.18. The van der Waals surface area contributed by atoms with Crippen molar-refractivity contribution in [2.24, 2.45) is 0 Å². The molecule has 0 bridgehead atoms. The fraction of sp³-hybridized carbons (Fsp3) is 0.368. The molecule has 0 aliphatic heterocycles. The molecule has 3 aromatic rings. The van der Waals surface area contributed by atoms with Gasteiger partial charge in [0, 0.05) is 11.4 Å². The van der Waals surface area contributed by atoms with E-state index in [-0.39, 0.29) is 6.04 Å². The van der Waals surface area contributed by atoms with Gasteiger partial charge in [-0.05, 0) is 51.2 Å². The maximum absolute atomic E-state index is 5.37. The summed E-state index contributed by atoms with van der Waals surface area (Å²) in [6.45, 7) is 5.01. The van der Waals surface area contributed by atoms with Crippen LogP contribution < -0.4 is 10.1 Å². The topological polar surface area (TPSA) is 50.3 Å². The number of hydrogen-bond donors (Lipinski definition) is 1. The minimum atomic E-state index is 0.208. The molecule has 1 aromatic carbocycles. The first-order valence-corrected chi connectivity index (χ1v) is 9.08. The minimum absolute atomic E-state index is 0.208. The van der Waals surface area contributed by atoms with E-state index >= 15 is 0 Å². The zero-order chi connectivity index (χ0) is 18.0. The molecule has 0 saturated heterocycles. The van der Waals surface area contributed by atoms with Crippen LogP contribution in [0.2, 0.25) is 0 Å². The first-order chi connectivity index (χ1) is 12.0. The molecule has 0 aliphatic carbocycles. The van der Waals surface area contributed by atoms with Gasteiger partial charge in [-0.3, -0.25) is 0 Å². The molecule has 0 saturated carbocycles. The van der Waals surface area contributed by atoms with E-state index in [1.165, 1.54) is 16.0 Å². The predicted octanol–water partition coefficient (Wildman–Crippen LogP) is 4.03. The van der Waals surface area contributed by atoms with Crippen molar-refractivity contribution in [3.05, 3.63) is 46.6 Å². The molecule has 0 radical (unpaired) electrons. The van der Waals surface area contributed by atoms with E-state index < -0.39 is 0 Å². The van der Waals surface area contributed by atoms with Crippen LogP contribution in [0, 0.1) is 13.8 Å². The number of hydrogen-bond acceptors (Lipinski definition) is 6. The number of nitrogens with zero attached hydrogens (tertiary/aromatic N) is 3. The molecule has 0 fully saturated rings. The van der Waals surface area contributed by atoms with Gasteiger partial charge in [-0.1, -0.05) is 12.1 Å². The summed E-state index contributed by atoms with van der Waals surface area (Å²) in [7, 11) is 5.87. The molecule has 1 atom stereocenters. The van der Waals surface area contributed by atoms with Gasteiger partial charge in [0.05, 0.1) is 18.5 Å². The molecule has 0 aliphatic rings. The van der Waals surface area contributed by atoms with Gasteiger partial charge in [0.25, 0.3) is 0 Å². The summed E-state index contributed by atoms with van der Waals surface area (Å²) in [5.74, 6) is 1.78. The van der Waals surface area contributed by atoms with Crippen LogP contribution in [0.3, 0.4) is 0 Å². The molecule has 25 heavy (non-hydrogen) atoms. The molecule has 2 heterocycles. The van der Waals surface area contributed by atoms with Crippen LogP contribution >= 0.6 is 11.3 Å². The molecule has 0 unspecified atom stereocenters. The molecule has 5 nitrogen and oxygen atoms in total.